The van der Waals surface area contributed by atoms with Gasteiger partial charge in [0.1, 0.15) is 0 Å². The first-order valence-corrected chi connectivity index (χ1v) is 3.33. The highest BCUT2D eigenvalue weighted by molar-refractivity contribution is 4.36. The summed E-state index contributed by atoms with van der Waals surface area (Å²) < 4.78 is 0.806. The van der Waals surface area contributed by atoms with Crippen molar-refractivity contribution < 1.29 is 4.59 Å². The fourth-order valence-electron chi connectivity index (χ4n) is 0.517. The Morgan fingerprint density at radius 2 is 1.89 bits per heavy atom. The number of nitrogens with one attached hydrogen (secondary N) is 1. The second kappa shape index (κ2) is 3.82. The molecule has 3 N–H and O–H groups in total. The Bertz CT molecular complexity index is 65.2. The van der Waals surface area contributed by atoms with Gasteiger partial charge in [0, 0.05) is 6.54 Å². The Balaban J connectivity index is 3.07. The maximum Gasteiger partial charge on any atom is 0.0853 e. The van der Waals surface area contributed by atoms with Crippen LogP contribution in [0.1, 0.15) is 6.42 Å². The zero-order chi connectivity index (χ0) is 7.33. The quantitative estimate of drug-likeness (QED) is 0.309. The van der Waals surface area contributed by atoms with Crippen molar-refractivity contribution in [2.45, 2.75) is 6.42 Å². The van der Waals surface area contributed by atoms with Gasteiger partial charge in [-0.3, -0.25) is 4.59 Å². The SMILES string of the molecule is C[N+](C)(C)NCCCN. The molecular weight excluding hydrogens is 114 g/mol. The molecule has 0 amide bonds. The number of nitrogens with zero attached hydrogens (tertiary/aromatic N) is 1. The molecule has 56 valence electrons. The average Bonchev–Trinajstić information content (AvgIpc) is 1.63. The van der Waals surface area contributed by atoms with Crippen LogP contribution in [0, 0.1) is 0 Å². The minimum atomic E-state index is 0.771. The summed E-state index contributed by atoms with van der Waals surface area (Å²) in [7, 11) is 6.28. The smallest absolute Gasteiger partial charge is 0.0853 e. The van der Waals surface area contributed by atoms with Crippen LogP contribution in [0.4, 0.5) is 0 Å². The van der Waals surface area contributed by atoms with E-state index in [1.54, 1.807) is 0 Å². The third kappa shape index (κ3) is 7.88. The molecule has 0 rings (SSSR count). The normalized spacial score (nSPS) is 12.0. The van der Waals surface area contributed by atoms with Gasteiger partial charge in [-0.1, -0.05) is 0 Å². The first-order chi connectivity index (χ1) is 4.06. The fourth-order valence-corrected chi connectivity index (χ4v) is 0.517. The largest absolute Gasteiger partial charge is 0.330 e. The number of hydrogen-bond acceptors (Lipinski definition) is 2. The van der Waals surface area contributed by atoms with E-state index in [0.29, 0.717) is 0 Å². The predicted octanol–water partition coefficient (Wildman–Crippen LogP) is -0.454. The van der Waals surface area contributed by atoms with Gasteiger partial charge < -0.3 is 5.73 Å². The standard InChI is InChI=1S/C6H18N3/c1-9(2,3)8-6-4-5-7/h8H,4-7H2,1-3H3/q+1. The van der Waals surface area contributed by atoms with Gasteiger partial charge in [0.2, 0.25) is 0 Å². The summed E-state index contributed by atoms with van der Waals surface area (Å²) in [6.07, 6.45) is 1.05. The van der Waals surface area contributed by atoms with E-state index in [0.717, 1.165) is 24.1 Å². The summed E-state index contributed by atoms with van der Waals surface area (Å²) in [6.45, 7) is 1.77. The van der Waals surface area contributed by atoms with E-state index < -0.39 is 0 Å². The van der Waals surface area contributed by atoms with Gasteiger partial charge in [0.05, 0.1) is 21.1 Å². The summed E-state index contributed by atoms with van der Waals surface area (Å²) in [5, 5.41) is 0. The van der Waals surface area contributed by atoms with Gasteiger partial charge >= 0.3 is 0 Å². The van der Waals surface area contributed by atoms with Crippen LogP contribution >= 0.6 is 0 Å². The van der Waals surface area contributed by atoms with Crippen molar-refractivity contribution in [3.63, 3.8) is 0 Å². The van der Waals surface area contributed by atoms with Crippen LogP contribution in [0.2, 0.25) is 0 Å². The van der Waals surface area contributed by atoms with Crippen LogP contribution in [0.15, 0.2) is 0 Å². The van der Waals surface area contributed by atoms with Crippen LogP contribution in [-0.2, 0) is 0 Å². The molecule has 0 unspecified atom stereocenters. The van der Waals surface area contributed by atoms with Gasteiger partial charge in [0.25, 0.3) is 0 Å². The van der Waals surface area contributed by atoms with Crippen molar-refractivity contribution in [2.75, 3.05) is 34.2 Å². The van der Waals surface area contributed by atoms with E-state index in [2.05, 4.69) is 26.6 Å². The highest BCUT2D eigenvalue weighted by atomic mass is 15.6. The molecule has 0 heterocycles. The Hall–Kier alpha value is -0.120. The van der Waals surface area contributed by atoms with Crippen LogP contribution in [-0.4, -0.2) is 38.8 Å². The van der Waals surface area contributed by atoms with Crippen molar-refractivity contribution in [3.05, 3.63) is 0 Å². The molecule has 0 aliphatic carbocycles. The lowest BCUT2D eigenvalue weighted by atomic mass is 10.4. The summed E-state index contributed by atoms with van der Waals surface area (Å²) in [4.78, 5) is 0. The van der Waals surface area contributed by atoms with E-state index in [4.69, 9.17) is 5.73 Å². The molecule has 0 spiro atoms. The molecule has 0 aromatic heterocycles. The van der Waals surface area contributed by atoms with E-state index in [9.17, 15) is 0 Å². The first kappa shape index (κ1) is 8.88. The molecule has 0 aliphatic rings. The molecule has 0 bridgehead atoms. The van der Waals surface area contributed by atoms with Crippen molar-refractivity contribution in [1.29, 1.82) is 0 Å². The summed E-state index contributed by atoms with van der Waals surface area (Å²) >= 11 is 0. The summed E-state index contributed by atoms with van der Waals surface area (Å²) in [5.74, 6) is 0. The van der Waals surface area contributed by atoms with Crippen molar-refractivity contribution in [2.24, 2.45) is 5.73 Å². The van der Waals surface area contributed by atoms with E-state index in [1.807, 2.05) is 0 Å². The first-order valence-electron chi connectivity index (χ1n) is 3.33. The molecule has 0 saturated heterocycles. The Morgan fingerprint density at radius 1 is 1.33 bits per heavy atom. The molecule has 0 aliphatic heterocycles. The predicted molar refractivity (Wildman–Crippen MR) is 39.7 cm³/mol. The van der Waals surface area contributed by atoms with Crippen LogP contribution < -0.4 is 11.2 Å². The number of hydrogen-bond donors (Lipinski definition) is 2. The molecule has 3 heteroatoms. The molecule has 9 heavy (non-hydrogen) atoms. The molecule has 0 saturated carbocycles. The topological polar surface area (TPSA) is 38.0 Å². The molecule has 0 radical (unpaired) electrons. The minimum Gasteiger partial charge on any atom is -0.330 e. The van der Waals surface area contributed by atoms with Gasteiger partial charge in [0.15, 0.2) is 0 Å². The van der Waals surface area contributed by atoms with Gasteiger partial charge in [-0.2, -0.15) is 5.43 Å². The van der Waals surface area contributed by atoms with Gasteiger partial charge in [-0.15, -0.1) is 0 Å². The summed E-state index contributed by atoms with van der Waals surface area (Å²) in [5.41, 5.74) is 8.59. The lowest BCUT2D eigenvalue weighted by molar-refractivity contribution is -0.915. The third-order valence-electron chi connectivity index (χ3n) is 0.967. The Kier molecular flexibility index (Phi) is 3.77. The van der Waals surface area contributed by atoms with Gasteiger partial charge in [-0.25, -0.2) is 0 Å². The average molecular weight is 132 g/mol. The lowest BCUT2D eigenvalue weighted by Crippen LogP contribution is -2.48. The minimum absolute atomic E-state index is 0.771. The van der Waals surface area contributed by atoms with Crippen LogP contribution in [0.3, 0.4) is 0 Å². The fraction of sp³-hybridized carbons (Fsp3) is 1.00. The molecule has 0 fully saturated rings. The highest BCUT2D eigenvalue weighted by Gasteiger charge is 2.02. The maximum atomic E-state index is 5.31. The lowest BCUT2D eigenvalue weighted by Gasteiger charge is -2.23. The molecule has 0 aromatic rings. The zero-order valence-corrected chi connectivity index (χ0v) is 6.65. The third-order valence-corrected chi connectivity index (χ3v) is 0.967. The second-order valence-corrected chi connectivity index (χ2v) is 3.06. The van der Waals surface area contributed by atoms with Gasteiger partial charge in [-0.05, 0) is 13.0 Å². The number of nitrogens with two attached hydrogens (primary N) is 1. The number of rotatable bonds is 4. The number of quaternary nitrogens is 1. The molecule has 0 aromatic carbocycles. The van der Waals surface area contributed by atoms with Crippen molar-refractivity contribution >= 4 is 0 Å². The zero-order valence-electron chi connectivity index (χ0n) is 6.65. The molecule has 3 nitrogen and oxygen atoms in total. The van der Waals surface area contributed by atoms with E-state index in [1.165, 1.54) is 0 Å². The Morgan fingerprint density at radius 3 is 2.22 bits per heavy atom. The van der Waals surface area contributed by atoms with Crippen LogP contribution in [0.25, 0.3) is 0 Å². The second-order valence-electron chi connectivity index (χ2n) is 3.06. The van der Waals surface area contributed by atoms with Crippen LogP contribution in [0.5, 0.6) is 0 Å². The molecular formula is C6H18N3+. The maximum absolute atomic E-state index is 5.31. The Labute approximate surface area is 57.4 Å². The van der Waals surface area contributed by atoms with Crippen molar-refractivity contribution in [3.8, 4) is 0 Å². The van der Waals surface area contributed by atoms with Crippen molar-refractivity contribution in [1.82, 2.24) is 5.43 Å². The molecule has 0 atom stereocenters. The van der Waals surface area contributed by atoms with E-state index in [-0.39, 0.29) is 0 Å². The highest BCUT2D eigenvalue weighted by Crippen LogP contribution is 1.80. The monoisotopic (exact) mass is 132 g/mol. The summed E-state index contributed by atoms with van der Waals surface area (Å²) in [6, 6.07) is 0. The van der Waals surface area contributed by atoms with E-state index >= 15 is 0 Å².